The van der Waals surface area contributed by atoms with Crippen molar-refractivity contribution in [2.24, 2.45) is 0 Å². The van der Waals surface area contributed by atoms with Gasteiger partial charge in [-0.15, -0.1) is 0 Å². The second-order valence-electron chi connectivity index (χ2n) is 18.7. The fourth-order valence-electron chi connectivity index (χ4n) is 9.89. The Bertz CT molecular complexity index is 1520. The first kappa shape index (κ1) is 56.0. The first-order valence-electron chi connectivity index (χ1n) is 23.6. The van der Waals surface area contributed by atoms with Crippen LogP contribution in [0.15, 0.2) is 0 Å². The molecule has 12 rings (SSSR count). The van der Waals surface area contributed by atoms with Crippen molar-refractivity contribution in [3.8, 4) is 0 Å². The Morgan fingerprint density at radius 1 is 0.254 bits per heavy atom. The van der Waals surface area contributed by atoms with Gasteiger partial charge in [0.1, 0.15) is 146 Å². The van der Waals surface area contributed by atoms with E-state index in [4.69, 9.17) is 66.3 Å². The van der Waals surface area contributed by atoms with Gasteiger partial charge in [-0.25, -0.2) is 0 Å². The van der Waals surface area contributed by atoms with E-state index in [1.807, 2.05) is 0 Å². The Labute approximate surface area is 404 Å². The minimum absolute atomic E-state index is 0.0477. The van der Waals surface area contributed by atoms with Gasteiger partial charge in [-0.1, -0.05) is 0 Å². The topological polar surface area (TPSA) is 453 Å². The predicted octanol–water partition coefficient (Wildman–Crippen LogP) is -10.8. The normalized spacial score (nSPS) is 54.1. The lowest BCUT2D eigenvalue weighted by atomic mass is 9.94. The first-order chi connectivity index (χ1) is 34.0. The zero-order chi connectivity index (χ0) is 51.0. The summed E-state index contributed by atoms with van der Waals surface area (Å²) in [6.45, 7) is -4.58. The van der Waals surface area contributed by atoms with E-state index in [2.05, 4.69) is 0 Å². The van der Waals surface area contributed by atoms with Gasteiger partial charge in [0.05, 0.1) is 39.6 Å². The molecular weight excluding hydrogens is 972 g/mol. The van der Waals surface area contributed by atoms with Gasteiger partial charge >= 0.3 is 0 Å². The molecular formula is C41H68O30. The molecule has 16 N–H and O–H groups in total. The van der Waals surface area contributed by atoms with Gasteiger partial charge in [0.2, 0.25) is 0 Å². The summed E-state index contributed by atoms with van der Waals surface area (Å²) >= 11 is 0. The molecule has 12 fully saturated rings. The van der Waals surface area contributed by atoms with Gasteiger partial charge in [-0.2, -0.15) is 0 Å². The van der Waals surface area contributed by atoms with E-state index in [0.29, 0.717) is 19.3 Å². The third-order valence-corrected chi connectivity index (χ3v) is 14.0. The maximum absolute atomic E-state index is 11.6. The maximum Gasteiger partial charge on any atom is 0.187 e. The summed E-state index contributed by atoms with van der Waals surface area (Å²) in [4.78, 5) is 0. The fraction of sp³-hybridized carbons (Fsp3) is 1.00. The van der Waals surface area contributed by atoms with Crippen LogP contribution in [0.4, 0.5) is 0 Å². The lowest BCUT2D eigenvalue weighted by molar-refractivity contribution is -0.404. The summed E-state index contributed by atoms with van der Waals surface area (Å²) < 4.78 is 82.3. The fourth-order valence-corrected chi connectivity index (χ4v) is 9.89. The third kappa shape index (κ3) is 11.6. The van der Waals surface area contributed by atoms with Crippen molar-refractivity contribution in [1.82, 2.24) is 0 Å². The highest BCUT2D eigenvalue weighted by molar-refractivity contribution is 5.01. The van der Waals surface area contributed by atoms with Crippen LogP contribution >= 0.6 is 0 Å². The average molecular weight is 1040 g/mol. The molecule has 0 radical (unpaired) electrons. The molecule has 12 aliphatic rings. The molecule has 0 aliphatic carbocycles. The highest BCUT2D eigenvalue weighted by Gasteiger charge is 2.59. The van der Waals surface area contributed by atoms with Crippen molar-refractivity contribution in [2.75, 3.05) is 52.9 Å². The molecule has 0 aromatic heterocycles. The van der Waals surface area contributed by atoms with Crippen LogP contribution in [0, 0.1) is 0 Å². The second-order valence-corrected chi connectivity index (χ2v) is 18.7. The molecule has 0 aromatic carbocycles. The van der Waals surface area contributed by atoms with Crippen LogP contribution in [0.3, 0.4) is 0 Å². The smallest absolute Gasteiger partial charge is 0.187 e. The number of aliphatic hydroxyl groups excluding tert-OH is 16. The summed E-state index contributed by atoms with van der Waals surface area (Å²) in [7, 11) is 0. The number of hydrogen-bond acceptors (Lipinski definition) is 30. The van der Waals surface area contributed by atoms with Crippen LogP contribution < -0.4 is 0 Å². The predicted molar refractivity (Wildman–Crippen MR) is 217 cm³/mol. The van der Waals surface area contributed by atoms with Crippen LogP contribution in [0.25, 0.3) is 0 Å². The highest BCUT2D eigenvalue weighted by atomic mass is 16.8. The Morgan fingerprint density at radius 3 is 0.732 bits per heavy atom. The molecule has 0 aromatic rings. The molecule has 12 bridgehead atoms. The monoisotopic (exact) mass is 1040 g/mol. The van der Waals surface area contributed by atoms with Crippen molar-refractivity contribution >= 4 is 0 Å². The molecule has 412 valence electrons. The summed E-state index contributed by atoms with van der Waals surface area (Å²) in [6.07, 6.45) is -55.2. The average Bonchev–Trinajstić information content (AvgIpc) is 3.36. The van der Waals surface area contributed by atoms with Crippen LogP contribution in [-0.4, -0.2) is 319 Å². The molecule has 0 unspecified atom stereocenters. The van der Waals surface area contributed by atoms with Crippen molar-refractivity contribution in [3.05, 3.63) is 0 Å². The number of hydrogen-bond donors (Lipinski definition) is 16. The molecule has 0 saturated carbocycles. The van der Waals surface area contributed by atoms with Crippen molar-refractivity contribution in [2.45, 2.75) is 203 Å². The molecule has 0 amide bonds. The molecule has 0 spiro atoms. The molecule has 12 aliphatic heterocycles. The highest BCUT2D eigenvalue weighted by Crippen LogP contribution is 2.38. The van der Waals surface area contributed by atoms with E-state index < -0.39 is 224 Å². The lowest BCUT2D eigenvalue weighted by Gasteiger charge is -2.50. The lowest BCUT2D eigenvalue weighted by Crippen LogP contribution is -2.69. The Kier molecular flexibility index (Phi) is 19.3. The molecule has 12 saturated heterocycles. The number of rotatable bonds is 4. The number of aliphatic hydroxyl groups is 16. The van der Waals surface area contributed by atoms with Gasteiger partial charge in [-0.05, 0) is 19.3 Å². The second kappa shape index (κ2) is 24.4. The molecule has 71 heavy (non-hydrogen) atoms. The quantitative estimate of drug-likeness (QED) is 0.124. The van der Waals surface area contributed by atoms with E-state index in [1.165, 1.54) is 0 Å². The standard InChI is InChI=1S/C41H68O30/c42-6-12-30-20(48)26(54)38(62-12)70-34-16-10-58-4-2-1-3-5-59-11-17-35(23(51)29(57)41(65-17)69-33-15(9-45)61-37(66-30)25(53)19(33)47)71-39-27(55)21(49)31(13(7-43)63-39)67-36-24(52)18(46)32(14(8-44)60-36)68-40(64-16)28(56)22(34)50/h12-57H,1-11H2/t12-,13-,14-,15-,16-,17-,18-,19-,20-,21-,22-,23-,24-,25-,26-,27-,28-,29-,30-,31-,32-,33-,34-,35-,36-,37-,38-,39-,40-,41-/m1/s1. The van der Waals surface area contributed by atoms with Gasteiger partial charge in [-0.3, -0.25) is 0 Å². The minimum Gasteiger partial charge on any atom is -0.394 e. The first-order valence-corrected chi connectivity index (χ1v) is 23.6. The van der Waals surface area contributed by atoms with E-state index in [9.17, 15) is 81.7 Å². The van der Waals surface area contributed by atoms with E-state index in [1.54, 1.807) is 0 Å². The zero-order valence-corrected chi connectivity index (χ0v) is 38.0. The van der Waals surface area contributed by atoms with Gasteiger partial charge in [0.15, 0.2) is 37.7 Å². The SMILES string of the molecule is OC[C@H]1O[C@@H]2O[C@H]3[C@H](O)[C@@H](O)[C@H]4O[C@H]5[C@H](O)[C@@H](O)[C@@H](O[C@H]6[C@H](O)[C@@H](O)[C@@H](O[C@H]7[C@H](O)[C@@H](O)[C@@H](O[C@H]8[C@H](O)[C@@H](O)[C@@H](O[C@H]1[C@H](O)[C@H]2O)O[C@@H]8CO)O[C@@H]7COCCCCCOC[C@H]3O4)O[C@@H]6CO)O[C@@H]5CO. The minimum atomic E-state index is -2.11. The third-order valence-electron chi connectivity index (χ3n) is 14.0. The van der Waals surface area contributed by atoms with E-state index in [-0.39, 0.29) is 13.2 Å². The summed E-state index contributed by atoms with van der Waals surface area (Å²) in [6, 6.07) is 0. The Morgan fingerprint density at radius 2 is 0.479 bits per heavy atom. The Hall–Kier alpha value is -1.20. The van der Waals surface area contributed by atoms with E-state index in [0.717, 1.165) is 0 Å². The van der Waals surface area contributed by atoms with Crippen LogP contribution in [0.5, 0.6) is 0 Å². The van der Waals surface area contributed by atoms with Crippen molar-refractivity contribution < 1.29 is 148 Å². The van der Waals surface area contributed by atoms with Crippen molar-refractivity contribution in [1.29, 1.82) is 0 Å². The van der Waals surface area contributed by atoms with Crippen LogP contribution in [0.1, 0.15) is 19.3 Å². The summed E-state index contributed by atoms with van der Waals surface area (Å²) in [5.74, 6) is 0. The zero-order valence-electron chi connectivity index (χ0n) is 38.0. The van der Waals surface area contributed by atoms with Crippen LogP contribution in [0.2, 0.25) is 0 Å². The van der Waals surface area contributed by atoms with Crippen LogP contribution in [-0.2, 0) is 66.3 Å². The van der Waals surface area contributed by atoms with Gasteiger partial charge in [0.25, 0.3) is 0 Å². The Balaban J connectivity index is 1.16. The molecule has 12 heterocycles. The maximum atomic E-state index is 11.6. The van der Waals surface area contributed by atoms with Crippen molar-refractivity contribution in [3.63, 3.8) is 0 Å². The van der Waals surface area contributed by atoms with Gasteiger partial charge < -0.3 is 148 Å². The largest absolute Gasteiger partial charge is 0.394 e. The molecule has 30 nitrogen and oxygen atoms in total. The molecule has 30 heteroatoms. The summed E-state index contributed by atoms with van der Waals surface area (Å²) in [5, 5.41) is 179. The van der Waals surface area contributed by atoms with Gasteiger partial charge in [0, 0.05) is 13.2 Å². The van der Waals surface area contributed by atoms with E-state index >= 15 is 0 Å². The summed E-state index contributed by atoms with van der Waals surface area (Å²) in [5.41, 5.74) is 0. The number of fused-ring (bicyclic) bond motifs is 4. The number of ether oxygens (including phenoxy) is 14. The molecule has 30 atom stereocenters.